The quantitative estimate of drug-likeness (QED) is 0.264. The van der Waals surface area contributed by atoms with Crippen molar-refractivity contribution in [3.05, 3.63) is 18.2 Å². The number of nitrogens with zero attached hydrogens (tertiary/aromatic N) is 2. The monoisotopic (exact) mass is 387 g/mol. The second kappa shape index (κ2) is 12.0. The average Bonchev–Trinajstić information content (AvgIpc) is 2.97. The number of carbonyl (C=O) groups is 3. The summed E-state index contributed by atoms with van der Waals surface area (Å²) in [6, 6.07) is -0.959. The smallest absolute Gasteiger partial charge is 0.326 e. The van der Waals surface area contributed by atoms with Crippen molar-refractivity contribution >= 4 is 17.8 Å². The summed E-state index contributed by atoms with van der Waals surface area (Å²) < 4.78 is 0.550. The van der Waals surface area contributed by atoms with E-state index in [9.17, 15) is 19.5 Å². The molecule has 1 amide bonds. The number of aromatic amines is 1. The van der Waals surface area contributed by atoms with Gasteiger partial charge in [-0.25, -0.2) is 9.78 Å². The van der Waals surface area contributed by atoms with Crippen molar-refractivity contribution in [3.8, 4) is 0 Å². The van der Waals surface area contributed by atoms with Crippen LogP contribution in [0.15, 0.2) is 12.5 Å². The number of aliphatic hydroxyl groups is 1. The number of nitrogens with two attached hydrogens (primary N) is 1. The molecule has 11 heteroatoms. The lowest BCUT2D eigenvalue weighted by molar-refractivity contribution is -0.873. The van der Waals surface area contributed by atoms with Crippen LogP contribution in [0.1, 0.15) is 18.5 Å². The predicted molar refractivity (Wildman–Crippen MR) is 94.1 cm³/mol. The van der Waals surface area contributed by atoms with Gasteiger partial charge in [-0.15, -0.1) is 0 Å². The molecular formula is C16H29N5O6. The van der Waals surface area contributed by atoms with E-state index in [4.69, 9.17) is 15.9 Å². The molecule has 0 bridgehead atoms. The summed E-state index contributed by atoms with van der Waals surface area (Å²) in [6.45, 7) is 0.621. The molecule has 0 aliphatic rings. The number of rotatable bonds is 10. The maximum absolute atomic E-state index is 11.2. The third-order valence-corrected chi connectivity index (χ3v) is 3.14. The van der Waals surface area contributed by atoms with Gasteiger partial charge in [0.1, 0.15) is 18.7 Å². The van der Waals surface area contributed by atoms with Crippen LogP contribution in [-0.2, 0) is 20.8 Å². The molecule has 0 saturated heterocycles. The van der Waals surface area contributed by atoms with Gasteiger partial charge >= 0.3 is 5.97 Å². The van der Waals surface area contributed by atoms with E-state index in [-0.39, 0.29) is 31.7 Å². The Bertz CT molecular complexity index is 585. The fourth-order valence-electron chi connectivity index (χ4n) is 2.10. The summed E-state index contributed by atoms with van der Waals surface area (Å²) in [7, 11) is 5.66. The van der Waals surface area contributed by atoms with E-state index in [1.54, 1.807) is 0 Å². The van der Waals surface area contributed by atoms with Gasteiger partial charge in [-0.3, -0.25) is 4.79 Å². The largest absolute Gasteiger partial charge is 0.550 e. The fraction of sp³-hybridized carbons (Fsp3) is 0.625. The average molecular weight is 387 g/mol. The normalized spacial score (nSPS) is 13.1. The Morgan fingerprint density at radius 3 is 2.41 bits per heavy atom. The van der Waals surface area contributed by atoms with Crippen LogP contribution in [0.4, 0.5) is 0 Å². The molecule has 1 heterocycles. The lowest BCUT2D eigenvalue weighted by atomic mass is 10.1. The van der Waals surface area contributed by atoms with Gasteiger partial charge in [-0.1, -0.05) is 0 Å². The standard InChI is InChI=1S/C9H14N4O3.C7H15NO3/c10-2-1-8(14)13-7(9(15)16)3-6-4-11-5-12-6;1-8(2,3)5-6(9)4-7(10)11/h4-5,7H,1-3,10H2,(H,11,12)(H,13,14)(H,15,16);6,9H,4-5H2,1-3H3/t7-;6-/m01/s1. The van der Waals surface area contributed by atoms with Crippen LogP contribution in [0.3, 0.4) is 0 Å². The molecule has 6 N–H and O–H groups in total. The Morgan fingerprint density at radius 1 is 1.37 bits per heavy atom. The molecule has 27 heavy (non-hydrogen) atoms. The van der Waals surface area contributed by atoms with Crippen molar-refractivity contribution in [1.82, 2.24) is 15.3 Å². The lowest BCUT2D eigenvalue weighted by Gasteiger charge is -2.26. The van der Waals surface area contributed by atoms with Crippen molar-refractivity contribution in [2.75, 3.05) is 34.2 Å². The molecule has 0 spiro atoms. The number of quaternary nitrogens is 1. The molecule has 154 valence electrons. The summed E-state index contributed by atoms with van der Waals surface area (Å²) in [5.74, 6) is -2.65. The summed E-state index contributed by atoms with van der Waals surface area (Å²) in [4.78, 5) is 38.7. The van der Waals surface area contributed by atoms with E-state index >= 15 is 0 Å². The molecular weight excluding hydrogens is 358 g/mol. The molecule has 0 unspecified atom stereocenters. The Kier molecular flexibility index (Phi) is 10.9. The van der Waals surface area contributed by atoms with Gasteiger partial charge in [0.05, 0.1) is 27.5 Å². The first-order chi connectivity index (χ1) is 12.4. The van der Waals surface area contributed by atoms with Crippen LogP contribution in [0.5, 0.6) is 0 Å². The van der Waals surface area contributed by atoms with Crippen molar-refractivity contribution in [3.63, 3.8) is 0 Å². The predicted octanol–water partition coefficient (Wildman–Crippen LogP) is -2.94. The number of aliphatic hydroxyl groups excluding tert-OH is 1. The highest BCUT2D eigenvalue weighted by Gasteiger charge is 2.20. The number of hydrogen-bond acceptors (Lipinski definition) is 7. The molecule has 0 saturated carbocycles. The van der Waals surface area contributed by atoms with Gasteiger partial charge in [0.2, 0.25) is 5.91 Å². The van der Waals surface area contributed by atoms with E-state index < -0.39 is 24.1 Å². The minimum absolute atomic E-state index is 0.118. The zero-order chi connectivity index (χ0) is 21.0. The van der Waals surface area contributed by atoms with Crippen molar-refractivity contribution in [2.24, 2.45) is 5.73 Å². The SMILES string of the molecule is C[N+](C)(C)C[C@H](O)CC(=O)[O-].NCCC(=O)N[C@@H](Cc1cnc[nH]1)C(=O)O. The van der Waals surface area contributed by atoms with Crippen molar-refractivity contribution < 1.29 is 34.2 Å². The van der Waals surface area contributed by atoms with Crippen LogP contribution in [-0.4, -0.2) is 88.9 Å². The molecule has 0 aliphatic heterocycles. The summed E-state index contributed by atoms with van der Waals surface area (Å²) in [5.41, 5.74) is 5.85. The maximum atomic E-state index is 11.2. The maximum Gasteiger partial charge on any atom is 0.326 e. The molecule has 0 radical (unpaired) electrons. The molecule has 1 aromatic heterocycles. The first kappa shape index (κ1) is 24.5. The van der Waals surface area contributed by atoms with Gasteiger partial charge in [0, 0.05) is 43.7 Å². The van der Waals surface area contributed by atoms with Crippen LogP contribution >= 0.6 is 0 Å². The molecule has 0 aliphatic carbocycles. The number of hydrogen-bond donors (Lipinski definition) is 5. The summed E-state index contributed by atoms with van der Waals surface area (Å²) in [5, 5.41) is 30.4. The Hall–Kier alpha value is -2.50. The Labute approximate surface area is 157 Å². The van der Waals surface area contributed by atoms with Crippen molar-refractivity contribution in [2.45, 2.75) is 31.4 Å². The number of aromatic nitrogens is 2. The summed E-state index contributed by atoms with van der Waals surface area (Å²) in [6.07, 6.45) is 2.18. The van der Waals surface area contributed by atoms with Gasteiger partial charge in [0.15, 0.2) is 0 Å². The highest BCUT2D eigenvalue weighted by Crippen LogP contribution is 1.99. The second-order valence-electron chi connectivity index (χ2n) is 6.98. The van der Waals surface area contributed by atoms with Crippen molar-refractivity contribution in [1.29, 1.82) is 0 Å². The van der Waals surface area contributed by atoms with E-state index in [0.717, 1.165) is 0 Å². The Morgan fingerprint density at radius 2 is 2.00 bits per heavy atom. The number of amides is 1. The topological polar surface area (TPSA) is 181 Å². The third kappa shape index (κ3) is 13.4. The highest BCUT2D eigenvalue weighted by atomic mass is 16.4. The number of H-pyrrole nitrogens is 1. The minimum Gasteiger partial charge on any atom is -0.550 e. The first-order valence-electron chi connectivity index (χ1n) is 8.32. The Balaban J connectivity index is 0.000000541. The summed E-state index contributed by atoms with van der Waals surface area (Å²) >= 11 is 0. The minimum atomic E-state index is -1.20. The molecule has 2 atom stereocenters. The van der Waals surface area contributed by atoms with Gasteiger partial charge < -0.3 is 40.6 Å². The van der Waals surface area contributed by atoms with E-state index in [1.165, 1.54) is 12.5 Å². The van der Waals surface area contributed by atoms with Gasteiger partial charge in [-0.05, 0) is 0 Å². The third-order valence-electron chi connectivity index (χ3n) is 3.14. The zero-order valence-corrected chi connectivity index (χ0v) is 15.8. The number of aliphatic carboxylic acids is 2. The number of carbonyl (C=O) groups excluding carboxylic acids is 2. The molecule has 0 aromatic carbocycles. The molecule has 0 fully saturated rings. The van der Waals surface area contributed by atoms with Gasteiger partial charge in [-0.2, -0.15) is 0 Å². The van der Waals surface area contributed by atoms with Gasteiger partial charge in [0.25, 0.3) is 0 Å². The number of carboxylic acid groups (broad SMARTS) is 2. The zero-order valence-electron chi connectivity index (χ0n) is 15.8. The highest BCUT2D eigenvalue weighted by molar-refractivity contribution is 5.83. The molecule has 11 nitrogen and oxygen atoms in total. The van der Waals surface area contributed by atoms with E-state index in [0.29, 0.717) is 16.7 Å². The van der Waals surface area contributed by atoms with E-state index in [1.807, 2.05) is 21.1 Å². The first-order valence-corrected chi connectivity index (χ1v) is 8.32. The number of imidazole rings is 1. The van der Waals surface area contributed by atoms with Crippen LogP contribution in [0.25, 0.3) is 0 Å². The number of nitrogens with one attached hydrogen (secondary N) is 2. The number of carboxylic acids is 2. The number of likely N-dealkylation sites (N-methyl/N-ethyl adjacent to an activating group) is 1. The van der Waals surface area contributed by atoms with Crippen LogP contribution in [0, 0.1) is 0 Å². The second-order valence-corrected chi connectivity index (χ2v) is 6.98. The molecule has 1 rings (SSSR count). The lowest BCUT2D eigenvalue weighted by Crippen LogP contribution is -2.43. The molecule has 1 aromatic rings. The van der Waals surface area contributed by atoms with Crippen LogP contribution in [0.2, 0.25) is 0 Å². The fourth-order valence-corrected chi connectivity index (χ4v) is 2.10. The van der Waals surface area contributed by atoms with E-state index in [2.05, 4.69) is 15.3 Å². The van der Waals surface area contributed by atoms with Crippen LogP contribution < -0.4 is 16.2 Å².